The van der Waals surface area contributed by atoms with Crippen LogP contribution in [0.1, 0.15) is 50.4 Å². The van der Waals surface area contributed by atoms with Crippen LogP contribution in [0.25, 0.3) is 11.0 Å². The summed E-state index contributed by atoms with van der Waals surface area (Å²) in [4.78, 5) is 25.2. The van der Waals surface area contributed by atoms with Crippen molar-refractivity contribution in [3.63, 3.8) is 0 Å². The minimum Gasteiger partial charge on any atom is -0.493 e. The summed E-state index contributed by atoms with van der Waals surface area (Å²) in [5.74, 6) is 0.367. The van der Waals surface area contributed by atoms with Gasteiger partial charge in [-0.25, -0.2) is 9.59 Å². The lowest BCUT2D eigenvalue weighted by molar-refractivity contribution is -0.0245. The van der Waals surface area contributed by atoms with Gasteiger partial charge < -0.3 is 13.9 Å². The molecule has 2 fully saturated rings. The smallest absolute Gasteiger partial charge is 0.351 e. The molecule has 5 nitrogen and oxygen atoms in total. The zero-order valence-corrected chi connectivity index (χ0v) is 17.5. The molecule has 0 aliphatic heterocycles. The van der Waals surface area contributed by atoms with Gasteiger partial charge in [0, 0.05) is 15.3 Å². The third-order valence-corrected chi connectivity index (χ3v) is 7.62. The average molecular weight is 435 g/mol. The predicted molar refractivity (Wildman–Crippen MR) is 105 cm³/mol. The zero-order valence-electron chi connectivity index (χ0n) is 15.9. The normalized spacial score (nSPS) is 28.5. The lowest BCUT2D eigenvalue weighted by Crippen LogP contribution is -2.38. The summed E-state index contributed by atoms with van der Waals surface area (Å²) in [6, 6.07) is 5.01. The van der Waals surface area contributed by atoms with E-state index in [0.29, 0.717) is 22.6 Å². The third kappa shape index (κ3) is 2.64. The van der Waals surface area contributed by atoms with Gasteiger partial charge in [0.15, 0.2) is 11.3 Å². The van der Waals surface area contributed by atoms with Crippen LogP contribution in [0.3, 0.4) is 0 Å². The molecular formula is C21H23BrO5. The molecule has 2 aliphatic rings. The highest BCUT2D eigenvalue weighted by molar-refractivity contribution is 9.10. The second-order valence-electron chi connectivity index (χ2n) is 8.48. The molecule has 0 unspecified atom stereocenters. The van der Waals surface area contributed by atoms with Gasteiger partial charge in [-0.3, -0.25) is 0 Å². The molecule has 0 spiro atoms. The van der Waals surface area contributed by atoms with Gasteiger partial charge >= 0.3 is 11.6 Å². The van der Waals surface area contributed by atoms with Gasteiger partial charge in [-0.15, -0.1) is 0 Å². The fourth-order valence-electron chi connectivity index (χ4n) is 4.96. The van der Waals surface area contributed by atoms with E-state index >= 15 is 0 Å². The fraction of sp³-hybridized carbons (Fsp3) is 0.524. The van der Waals surface area contributed by atoms with Gasteiger partial charge in [-0.1, -0.05) is 36.7 Å². The molecule has 27 heavy (non-hydrogen) atoms. The van der Waals surface area contributed by atoms with E-state index in [4.69, 9.17) is 13.9 Å². The predicted octanol–water partition coefficient (Wildman–Crippen LogP) is 4.94. The molecule has 2 aliphatic carbocycles. The Hall–Kier alpha value is -1.82. The van der Waals surface area contributed by atoms with Crippen LogP contribution in [-0.2, 0) is 4.74 Å². The summed E-state index contributed by atoms with van der Waals surface area (Å²) in [6.45, 7) is 6.71. The highest BCUT2D eigenvalue weighted by Gasteiger charge is 2.62. The molecule has 0 saturated heterocycles. The van der Waals surface area contributed by atoms with E-state index in [1.54, 1.807) is 12.1 Å². The summed E-state index contributed by atoms with van der Waals surface area (Å²) in [5, 5.41) is 0.604. The number of hydrogen-bond donors (Lipinski definition) is 0. The molecule has 2 aromatic rings. The van der Waals surface area contributed by atoms with Crippen LogP contribution in [0, 0.1) is 16.7 Å². The SMILES string of the molecule is COc1cc(Br)cc2cc(C(=O)O[C@H]3C[C@H]4CC[C@@]3(C)C4(C)C)c(=O)oc12. The fourth-order valence-corrected chi connectivity index (χ4v) is 5.42. The van der Waals surface area contributed by atoms with Crippen molar-refractivity contribution in [3.8, 4) is 5.75 Å². The second-order valence-corrected chi connectivity index (χ2v) is 9.39. The maximum Gasteiger partial charge on any atom is 0.351 e. The number of hydrogen-bond acceptors (Lipinski definition) is 5. The molecule has 6 heteroatoms. The molecule has 2 saturated carbocycles. The van der Waals surface area contributed by atoms with Crippen LogP contribution < -0.4 is 10.4 Å². The summed E-state index contributed by atoms with van der Waals surface area (Å²) < 4.78 is 17.3. The van der Waals surface area contributed by atoms with Crippen LogP contribution in [0.4, 0.5) is 0 Å². The quantitative estimate of drug-likeness (QED) is 0.505. The third-order valence-electron chi connectivity index (χ3n) is 7.17. The summed E-state index contributed by atoms with van der Waals surface area (Å²) in [7, 11) is 1.50. The summed E-state index contributed by atoms with van der Waals surface area (Å²) >= 11 is 3.40. The summed E-state index contributed by atoms with van der Waals surface area (Å²) in [6.07, 6.45) is 2.89. The van der Waals surface area contributed by atoms with E-state index in [1.807, 2.05) is 0 Å². The van der Waals surface area contributed by atoms with Crippen molar-refractivity contribution in [3.05, 3.63) is 38.7 Å². The van der Waals surface area contributed by atoms with Crippen molar-refractivity contribution < 1.29 is 18.7 Å². The summed E-state index contributed by atoms with van der Waals surface area (Å²) in [5.41, 5.74) is -0.399. The Balaban J connectivity index is 1.68. The van der Waals surface area contributed by atoms with Crippen LogP contribution in [0.5, 0.6) is 5.75 Å². The van der Waals surface area contributed by atoms with Gasteiger partial charge in [0.2, 0.25) is 0 Å². The Morgan fingerprint density at radius 3 is 2.59 bits per heavy atom. The number of carbonyl (C=O) groups excluding carboxylic acids is 1. The van der Waals surface area contributed by atoms with Crippen LogP contribution >= 0.6 is 15.9 Å². The first-order valence-electron chi connectivity index (χ1n) is 9.20. The Labute approximate surface area is 166 Å². The molecule has 144 valence electrons. The van der Waals surface area contributed by atoms with E-state index in [9.17, 15) is 9.59 Å². The molecule has 1 heterocycles. The van der Waals surface area contributed by atoms with Crippen molar-refractivity contribution in [2.24, 2.45) is 16.7 Å². The Bertz CT molecular complexity index is 992. The zero-order chi connectivity index (χ0) is 19.6. The van der Waals surface area contributed by atoms with E-state index in [1.165, 1.54) is 19.6 Å². The highest BCUT2D eigenvalue weighted by atomic mass is 79.9. The van der Waals surface area contributed by atoms with Crippen molar-refractivity contribution in [2.45, 2.75) is 46.1 Å². The number of fused-ring (bicyclic) bond motifs is 3. The Morgan fingerprint density at radius 1 is 1.26 bits per heavy atom. The number of benzene rings is 1. The maximum absolute atomic E-state index is 12.8. The first-order chi connectivity index (χ1) is 12.7. The van der Waals surface area contributed by atoms with Gasteiger partial charge in [0.25, 0.3) is 0 Å². The van der Waals surface area contributed by atoms with Crippen molar-refractivity contribution in [1.82, 2.24) is 0 Å². The number of halogens is 1. The largest absolute Gasteiger partial charge is 0.493 e. The van der Waals surface area contributed by atoms with Gasteiger partial charge in [-0.05, 0) is 48.8 Å². The average Bonchev–Trinajstić information content (AvgIpc) is 2.94. The van der Waals surface area contributed by atoms with E-state index in [0.717, 1.165) is 17.3 Å². The first-order valence-corrected chi connectivity index (χ1v) is 9.99. The first kappa shape index (κ1) is 18.5. The number of methoxy groups -OCH3 is 1. The van der Waals surface area contributed by atoms with E-state index in [-0.39, 0.29) is 22.5 Å². The Morgan fingerprint density at radius 2 is 2.00 bits per heavy atom. The molecule has 0 N–H and O–H groups in total. The standard InChI is InChI=1S/C21H23BrO5/c1-20(2)12-5-6-21(20,3)16(9-12)26-18(23)14-8-11-7-13(22)10-15(25-4)17(11)27-19(14)24/h7-8,10,12,16H,5-6,9H2,1-4H3/t12-,16+,21-/m1/s1. The molecule has 4 rings (SSSR count). The molecule has 3 atom stereocenters. The van der Waals surface area contributed by atoms with E-state index in [2.05, 4.69) is 36.7 Å². The Kier molecular flexibility index (Phi) is 4.18. The lowest BCUT2D eigenvalue weighted by atomic mass is 9.70. The topological polar surface area (TPSA) is 65.7 Å². The molecular weight excluding hydrogens is 412 g/mol. The number of carbonyl (C=O) groups is 1. The van der Waals surface area contributed by atoms with Crippen molar-refractivity contribution >= 4 is 32.9 Å². The van der Waals surface area contributed by atoms with Crippen molar-refractivity contribution in [1.29, 1.82) is 0 Å². The van der Waals surface area contributed by atoms with Crippen LogP contribution in [0.2, 0.25) is 0 Å². The highest BCUT2D eigenvalue weighted by Crippen LogP contribution is 2.66. The van der Waals surface area contributed by atoms with Crippen LogP contribution in [-0.4, -0.2) is 19.2 Å². The maximum atomic E-state index is 12.8. The van der Waals surface area contributed by atoms with Gasteiger partial charge in [0.1, 0.15) is 11.7 Å². The van der Waals surface area contributed by atoms with Gasteiger partial charge in [0.05, 0.1) is 7.11 Å². The lowest BCUT2D eigenvalue weighted by Gasteiger charge is -2.38. The second kappa shape index (κ2) is 6.09. The minimum atomic E-state index is -0.708. The number of esters is 1. The number of rotatable bonds is 3. The molecule has 2 bridgehead atoms. The number of ether oxygens (including phenoxy) is 2. The van der Waals surface area contributed by atoms with Crippen molar-refractivity contribution in [2.75, 3.05) is 7.11 Å². The minimum absolute atomic E-state index is 0.0589. The molecule has 1 aromatic heterocycles. The van der Waals surface area contributed by atoms with E-state index < -0.39 is 11.6 Å². The van der Waals surface area contributed by atoms with Crippen LogP contribution in [0.15, 0.2) is 31.9 Å². The van der Waals surface area contributed by atoms with Gasteiger partial charge in [-0.2, -0.15) is 0 Å². The monoisotopic (exact) mass is 434 g/mol. The molecule has 0 amide bonds. The molecule has 1 aromatic carbocycles. The molecule has 0 radical (unpaired) electrons.